The number of nitrogens with one attached hydrogen (secondary N) is 2. The number of urea groups is 1. The molecule has 1 aliphatic carbocycles. The number of carbonyl (C=O) groups excluding carboxylic acids is 4. The van der Waals surface area contributed by atoms with Gasteiger partial charge in [-0.3, -0.25) is 19.7 Å². The molecule has 1 heterocycles. The molecular formula is C15H23N3O5. The predicted molar refractivity (Wildman–Crippen MR) is 80.2 cm³/mol. The summed E-state index contributed by atoms with van der Waals surface area (Å²) in [5.41, 5.74) is 0. The molecule has 2 rings (SSSR count). The third kappa shape index (κ3) is 4.20. The summed E-state index contributed by atoms with van der Waals surface area (Å²) in [6, 6.07) is -0.435. The van der Waals surface area contributed by atoms with Gasteiger partial charge in [0.15, 0.2) is 6.10 Å². The number of imide groups is 1. The van der Waals surface area contributed by atoms with E-state index >= 15 is 0 Å². The summed E-state index contributed by atoms with van der Waals surface area (Å²) in [6.45, 7) is 1.74. The molecule has 0 aromatic carbocycles. The summed E-state index contributed by atoms with van der Waals surface area (Å²) in [6.07, 6.45) is 3.23. The van der Waals surface area contributed by atoms with Gasteiger partial charge in [-0.05, 0) is 19.8 Å². The van der Waals surface area contributed by atoms with E-state index in [2.05, 4.69) is 5.32 Å². The number of rotatable bonds is 4. The Morgan fingerprint density at radius 3 is 2.52 bits per heavy atom. The van der Waals surface area contributed by atoms with E-state index in [0.717, 1.165) is 25.7 Å². The van der Waals surface area contributed by atoms with Gasteiger partial charge in [-0.2, -0.15) is 0 Å². The average molecular weight is 325 g/mol. The third-order valence-corrected chi connectivity index (χ3v) is 4.38. The van der Waals surface area contributed by atoms with Crippen LogP contribution in [-0.4, -0.2) is 54.5 Å². The van der Waals surface area contributed by atoms with Crippen molar-refractivity contribution in [3.05, 3.63) is 0 Å². The minimum Gasteiger partial charge on any atom is -0.452 e. The van der Waals surface area contributed by atoms with Crippen molar-refractivity contribution in [2.75, 3.05) is 13.6 Å². The molecule has 0 radical (unpaired) electrons. The molecule has 4 amide bonds. The Bertz CT molecular complexity index is 501. The lowest BCUT2D eigenvalue weighted by atomic mass is 10.1. The molecule has 0 spiro atoms. The van der Waals surface area contributed by atoms with Crippen LogP contribution >= 0.6 is 0 Å². The second-order valence-electron chi connectivity index (χ2n) is 6.03. The fourth-order valence-corrected chi connectivity index (χ4v) is 3.06. The zero-order chi connectivity index (χ0) is 17.0. The van der Waals surface area contributed by atoms with Crippen LogP contribution in [0.1, 0.15) is 39.0 Å². The largest absolute Gasteiger partial charge is 0.452 e. The van der Waals surface area contributed by atoms with Crippen molar-refractivity contribution >= 4 is 23.8 Å². The van der Waals surface area contributed by atoms with Gasteiger partial charge in [0.25, 0.3) is 5.91 Å². The first-order chi connectivity index (χ1) is 10.9. The molecule has 0 unspecified atom stereocenters. The number of hydrogen-bond donors (Lipinski definition) is 2. The maximum Gasteiger partial charge on any atom is 0.321 e. The number of nitrogens with zero attached hydrogens (tertiary/aromatic N) is 1. The Kier molecular flexibility index (Phi) is 5.57. The number of likely N-dealkylation sites (tertiary alicyclic amines) is 1. The van der Waals surface area contributed by atoms with E-state index in [4.69, 9.17) is 4.74 Å². The van der Waals surface area contributed by atoms with Crippen LogP contribution in [-0.2, 0) is 19.1 Å². The maximum absolute atomic E-state index is 12.1. The topological polar surface area (TPSA) is 105 Å². The first kappa shape index (κ1) is 17.2. The minimum atomic E-state index is -1.09. The van der Waals surface area contributed by atoms with Crippen molar-refractivity contribution < 1.29 is 23.9 Å². The van der Waals surface area contributed by atoms with Gasteiger partial charge in [-0.15, -0.1) is 0 Å². The van der Waals surface area contributed by atoms with Crippen molar-refractivity contribution in [1.82, 2.24) is 15.5 Å². The fourth-order valence-electron chi connectivity index (χ4n) is 3.06. The third-order valence-electron chi connectivity index (χ3n) is 4.38. The molecule has 2 atom stereocenters. The van der Waals surface area contributed by atoms with Gasteiger partial charge in [0.1, 0.15) is 0 Å². The summed E-state index contributed by atoms with van der Waals surface area (Å²) in [4.78, 5) is 48.7. The summed E-state index contributed by atoms with van der Waals surface area (Å²) in [5.74, 6) is -1.84. The molecule has 8 nitrogen and oxygen atoms in total. The monoisotopic (exact) mass is 325 g/mol. The Morgan fingerprint density at radius 2 is 1.91 bits per heavy atom. The Labute approximate surface area is 134 Å². The van der Waals surface area contributed by atoms with E-state index in [1.807, 2.05) is 5.32 Å². The van der Waals surface area contributed by atoms with Gasteiger partial charge < -0.3 is 15.0 Å². The van der Waals surface area contributed by atoms with Gasteiger partial charge in [0.2, 0.25) is 5.91 Å². The molecule has 0 aromatic rings. The van der Waals surface area contributed by atoms with Crippen molar-refractivity contribution in [2.24, 2.45) is 5.92 Å². The zero-order valence-electron chi connectivity index (χ0n) is 13.5. The van der Waals surface area contributed by atoms with Gasteiger partial charge >= 0.3 is 12.0 Å². The highest BCUT2D eigenvalue weighted by molar-refractivity contribution is 5.97. The molecule has 0 aromatic heterocycles. The van der Waals surface area contributed by atoms with E-state index in [1.54, 1.807) is 4.90 Å². The first-order valence-electron chi connectivity index (χ1n) is 7.95. The number of hydrogen-bond acceptors (Lipinski definition) is 5. The first-order valence-corrected chi connectivity index (χ1v) is 7.95. The highest BCUT2D eigenvalue weighted by Gasteiger charge is 2.40. The molecule has 1 saturated carbocycles. The molecule has 2 fully saturated rings. The van der Waals surface area contributed by atoms with Crippen molar-refractivity contribution in [3.63, 3.8) is 0 Å². The number of ether oxygens (including phenoxy) is 1. The molecule has 23 heavy (non-hydrogen) atoms. The average Bonchev–Trinajstić information content (AvgIpc) is 3.15. The predicted octanol–water partition coefficient (Wildman–Crippen LogP) is 0.165. The molecule has 8 heteroatoms. The lowest BCUT2D eigenvalue weighted by molar-refractivity contribution is -0.158. The van der Waals surface area contributed by atoms with Crippen molar-refractivity contribution in [3.8, 4) is 0 Å². The highest BCUT2D eigenvalue weighted by atomic mass is 16.5. The maximum atomic E-state index is 12.1. The van der Waals surface area contributed by atoms with Crippen molar-refractivity contribution in [1.29, 1.82) is 0 Å². The number of esters is 1. The van der Waals surface area contributed by atoms with Gasteiger partial charge in [0.05, 0.1) is 5.92 Å². The number of carbonyl (C=O) groups is 4. The summed E-state index contributed by atoms with van der Waals surface area (Å²) >= 11 is 0. The summed E-state index contributed by atoms with van der Waals surface area (Å²) in [5, 5.41) is 4.28. The minimum absolute atomic E-state index is 0.0266. The van der Waals surface area contributed by atoms with Crippen LogP contribution in [0.5, 0.6) is 0 Å². The Hall–Kier alpha value is -2.12. The standard InChI is InChI=1S/C15H23N3O5/c1-9(13(20)17-15(22)16-2)23-14(21)10-7-12(19)18(8-10)11-5-3-4-6-11/h9-11H,3-8H2,1-2H3,(H2,16,17,20,22)/t9-,10+/m0/s1. The van der Waals surface area contributed by atoms with Gasteiger partial charge in [-0.25, -0.2) is 4.79 Å². The lowest BCUT2D eigenvalue weighted by Gasteiger charge is -2.24. The van der Waals surface area contributed by atoms with E-state index < -0.39 is 29.9 Å². The second-order valence-corrected chi connectivity index (χ2v) is 6.03. The van der Waals surface area contributed by atoms with Crippen LogP contribution in [0.3, 0.4) is 0 Å². The Morgan fingerprint density at radius 1 is 1.26 bits per heavy atom. The quantitative estimate of drug-likeness (QED) is 0.717. The number of amides is 4. The molecule has 2 aliphatic rings. The van der Waals surface area contributed by atoms with Crippen LogP contribution in [0.15, 0.2) is 0 Å². The summed E-state index contributed by atoms with van der Waals surface area (Å²) < 4.78 is 5.09. The molecule has 2 N–H and O–H groups in total. The lowest BCUT2D eigenvalue weighted by Crippen LogP contribution is -2.44. The van der Waals surface area contributed by atoms with Crippen LogP contribution in [0.2, 0.25) is 0 Å². The molecule has 128 valence electrons. The van der Waals surface area contributed by atoms with E-state index in [9.17, 15) is 19.2 Å². The van der Waals surface area contributed by atoms with E-state index in [-0.39, 0.29) is 18.4 Å². The highest BCUT2D eigenvalue weighted by Crippen LogP contribution is 2.30. The molecule has 0 bridgehead atoms. The van der Waals surface area contributed by atoms with E-state index in [0.29, 0.717) is 6.54 Å². The Balaban J connectivity index is 1.85. The van der Waals surface area contributed by atoms with Crippen LogP contribution in [0.25, 0.3) is 0 Å². The van der Waals surface area contributed by atoms with Gasteiger partial charge in [0, 0.05) is 26.1 Å². The summed E-state index contributed by atoms with van der Waals surface area (Å²) in [7, 11) is 1.38. The molecule has 1 saturated heterocycles. The van der Waals surface area contributed by atoms with Crippen LogP contribution < -0.4 is 10.6 Å². The smallest absolute Gasteiger partial charge is 0.321 e. The van der Waals surface area contributed by atoms with Crippen LogP contribution in [0, 0.1) is 5.92 Å². The van der Waals surface area contributed by atoms with Crippen LogP contribution in [0.4, 0.5) is 4.79 Å². The second kappa shape index (κ2) is 7.43. The van der Waals surface area contributed by atoms with Crippen molar-refractivity contribution in [2.45, 2.75) is 51.2 Å². The normalized spacial score (nSPS) is 22.8. The SMILES string of the molecule is CNC(=O)NC(=O)[C@H](C)OC(=O)[C@@H]1CC(=O)N(C2CCCC2)C1. The zero-order valence-corrected chi connectivity index (χ0v) is 13.5. The fraction of sp³-hybridized carbons (Fsp3) is 0.733. The van der Waals surface area contributed by atoms with E-state index in [1.165, 1.54) is 14.0 Å². The molecular weight excluding hydrogens is 302 g/mol. The van der Waals surface area contributed by atoms with Gasteiger partial charge in [-0.1, -0.05) is 12.8 Å². The molecule has 1 aliphatic heterocycles.